The molecule has 1 aliphatic rings. The predicted octanol–water partition coefficient (Wildman–Crippen LogP) is 4.97. The fraction of sp³-hybridized carbons (Fsp3) is 0.118. The Bertz CT molecular complexity index is 648. The van der Waals surface area contributed by atoms with Crippen molar-refractivity contribution in [3.8, 4) is 0 Å². The van der Waals surface area contributed by atoms with Gasteiger partial charge in [-0.1, -0.05) is 59.8 Å². The molecule has 4 heteroatoms. The highest BCUT2D eigenvalue weighted by atomic mass is 35.5. The van der Waals surface area contributed by atoms with E-state index in [9.17, 15) is 0 Å². The first-order valence-corrected chi connectivity index (χ1v) is 7.60. The van der Waals surface area contributed by atoms with Gasteiger partial charge >= 0.3 is 0 Å². The summed E-state index contributed by atoms with van der Waals surface area (Å²) in [5.74, 6) is 0.946. The van der Waals surface area contributed by atoms with Gasteiger partial charge in [0.05, 0.1) is 5.70 Å². The predicted molar refractivity (Wildman–Crippen MR) is 96.4 cm³/mol. The second kappa shape index (κ2) is 7.34. The molecule has 0 fully saturated rings. The molecule has 0 atom stereocenters. The minimum atomic E-state index is 0. The molecule has 21 heavy (non-hydrogen) atoms. The molecule has 108 valence electrons. The first kappa shape index (κ1) is 15.7. The highest BCUT2D eigenvalue weighted by molar-refractivity contribution is 8.14. The minimum absolute atomic E-state index is 0. The summed E-state index contributed by atoms with van der Waals surface area (Å²) in [5, 5.41) is 4.32. The zero-order chi connectivity index (χ0) is 13.8. The van der Waals surface area contributed by atoms with E-state index >= 15 is 0 Å². The molecular formula is C17H17ClN2S. The van der Waals surface area contributed by atoms with Crippen molar-refractivity contribution < 1.29 is 0 Å². The van der Waals surface area contributed by atoms with Crippen molar-refractivity contribution in [1.29, 1.82) is 0 Å². The smallest absolute Gasteiger partial charge is 0.166 e. The normalized spacial score (nSPS) is 13.8. The van der Waals surface area contributed by atoms with E-state index in [4.69, 9.17) is 4.99 Å². The number of rotatable bonds is 2. The molecule has 1 aliphatic heterocycles. The number of hydrogen-bond donors (Lipinski definition) is 1. The lowest BCUT2D eigenvalue weighted by Gasteiger charge is -2.14. The van der Waals surface area contributed by atoms with Gasteiger partial charge in [0.2, 0.25) is 0 Å². The van der Waals surface area contributed by atoms with Crippen LogP contribution in [0.2, 0.25) is 0 Å². The lowest BCUT2D eigenvalue weighted by molar-refractivity contribution is 1.42. The Kier molecular flexibility index (Phi) is 5.48. The SMILES string of the molecule is Cc1ccc(C2=CCSC(Nc3ccccc3)=N2)cc1.Cl. The zero-order valence-corrected chi connectivity index (χ0v) is 13.4. The molecule has 2 aromatic rings. The summed E-state index contributed by atoms with van der Waals surface area (Å²) in [6.45, 7) is 2.10. The van der Waals surface area contributed by atoms with Gasteiger partial charge in [0.25, 0.3) is 0 Å². The van der Waals surface area contributed by atoms with Crippen LogP contribution in [-0.4, -0.2) is 10.9 Å². The molecule has 1 N–H and O–H groups in total. The van der Waals surface area contributed by atoms with E-state index in [0.717, 1.165) is 22.3 Å². The quantitative estimate of drug-likeness (QED) is 0.845. The van der Waals surface area contributed by atoms with Crippen molar-refractivity contribution in [3.05, 3.63) is 71.8 Å². The van der Waals surface area contributed by atoms with Crippen molar-refractivity contribution in [2.75, 3.05) is 11.1 Å². The molecule has 3 rings (SSSR count). The van der Waals surface area contributed by atoms with Crippen LogP contribution in [0, 0.1) is 6.92 Å². The summed E-state index contributed by atoms with van der Waals surface area (Å²) in [4.78, 5) is 4.71. The maximum absolute atomic E-state index is 4.71. The molecule has 0 amide bonds. The van der Waals surface area contributed by atoms with Crippen LogP contribution in [0.4, 0.5) is 5.69 Å². The second-order valence-corrected chi connectivity index (χ2v) is 5.68. The maximum atomic E-state index is 4.71. The number of hydrogen-bond acceptors (Lipinski definition) is 3. The molecule has 0 bridgehead atoms. The number of para-hydroxylation sites is 1. The Labute approximate surface area is 135 Å². The molecule has 0 unspecified atom stereocenters. The molecule has 0 saturated heterocycles. The van der Waals surface area contributed by atoms with Crippen LogP contribution < -0.4 is 5.32 Å². The van der Waals surface area contributed by atoms with Crippen molar-refractivity contribution in [2.45, 2.75) is 6.92 Å². The lowest BCUT2D eigenvalue weighted by Crippen LogP contribution is -2.11. The summed E-state index contributed by atoms with van der Waals surface area (Å²) in [7, 11) is 0. The fourth-order valence-electron chi connectivity index (χ4n) is 2.00. The average molecular weight is 317 g/mol. The Balaban J connectivity index is 0.00000161. The number of halogens is 1. The highest BCUT2D eigenvalue weighted by Crippen LogP contribution is 2.25. The first-order valence-electron chi connectivity index (χ1n) is 6.62. The van der Waals surface area contributed by atoms with Crippen LogP contribution in [0.5, 0.6) is 0 Å². The standard InChI is InChI=1S/C17H16N2S.ClH/c1-13-7-9-14(10-8-13)16-11-12-20-17(19-16)18-15-5-3-2-4-6-15;/h2-11H,12H2,1H3,(H,18,19);1H. The van der Waals surface area contributed by atoms with E-state index in [1.165, 1.54) is 11.1 Å². The number of aliphatic imine (C=N–C) groups is 1. The summed E-state index contributed by atoms with van der Waals surface area (Å²) >= 11 is 1.72. The third-order valence-corrected chi connectivity index (χ3v) is 3.89. The first-order chi connectivity index (χ1) is 9.81. The van der Waals surface area contributed by atoms with Gasteiger partial charge in [-0.2, -0.15) is 0 Å². The Morgan fingerprint density at radius 2 is 1.71 bits per heavy atom. The number of aryl methyl sites for hydroxylation is 1. The third kappa shape index (κ3) is 4.13. The molecule has 0 aromatic heterocycles. The van der Waals surface area contributed by atoms with Gasteiger partial charge < -0.3 is 5.32 Å². The van der Waals surface area contributed by atoms with E-state index in [1.54, 1.807) is 11.8 Å². The van der Waals surface area contributed by atoms with E-state index in [0.29, 0.717) is 0 Å². The second-order valence-electron chi connectivity index (χ2n) is 4.67. The maximum Gasteiger partial charge on any atom is 0.166 e. The number of amidine groups is 1. The topological polar surface area (TPSA) is 24.4 Å². The van der Waals surface area contributed by atoms with E-state index in [1.807, 2.05) is 30.3 Å². The summed E-state index contributed by atoms with van der Waals surface area (Å²) in [6, 6.07) is 18.6. The van der Waals surface area contributed by atoms with Crippen LogP contribution in [-0.2, 0) is 0 Å². The molecule has 0 radical (unpaired) electrons. The Morgan fingerprint density at radius 1 is 1.00 bits per heavy atom. The largest absolute Gasteiger partial charge is 0.335 e. The van der Waals surface area contributed by atoms with Crippen molar-refractivity contribution in [2.24, 2.45) is 4.99 Å². The van der Waals surface area contributed by atoms with Gasteiger partial charge in [0, 0.05) is 11.4 Å². The van der Waals surface area contributed by atoms with Gasteiger partial charge in [-0.15, -0.1) is 12.4 Å². The van der Waals surface area contributed by atoms with Gasteiger partial charge in [-0.05, 0) is 30.7 Å². The Morgan fingerprint density at radius 3 is 2.43 bits per heavy atom. The fourth-order valence-corrected chi connectivity index (χ4v) is 2.75. The Hall–Kier alpha value is -1.71. The van der Waals surface area contributed by atoms with Gasteiger partial charge in [-0.3, -0.25) is 0 Å². The van der Waals surface area contributed by atoms with Crippen LogP contribution >= 0.6 is 24.2 Å². The van der Waals surface area contributed by atoms with Gasteiger partial charge in [0.15, 0.2) is 5.17 Å². The van der Waals surface area contributed by atoms with Crippen LogP contribution in [0.3, 0.4) is 0 Å². The molecule has 0 saturated carbocycles. The summed E-state index contributed by atoms with van der Waals surface area (Å²) in [5.41, 5.74) is 4.56. The number of nitrogens with one attached hydrogen (secondary N) is 1. The molecule has 2 aromatic carbocycles. The minimum Gasteiger partial charge on any atom is -0.335 e. The number of benzene rings is 2. The van der Waals surface area contributed by atoms with Crippen molar-refractivity contribution in [1.82, 2.24) is 0 Å². The van der Waals surface area contributed by atoms with Crippen LogP contribution in [0.25, 0.3) is 5.70 Å². The summed E-state index contributed by atoms with van der Waals surface area (Å²) < 4.78 is 0. The number of nitrogens with zero attached hydrogens (tertiary/aromatic N) is 1. The third-order valence-electron chi connectivity index (χ3n) is 3.09. The van der Waals surface area contributed by atoms with Crippen molar-refractivity contribution >= 4 is 40.7 Å². The van der Waals surface area contributed by atoms with Crippen LogP contribution in [0.15, 0.2) is 65.7 Å². The van der Waals surface area contributed by atoms with E-state index in [-0.39, 0.29) is 12.4 Å². The highest BCUT2D eigenvalue weighted by Gasteiger charge is 2.09. The molecule has 1 heterocycles. The van der Waals surface area contributed by atoms with Gasteiger partial charge in [-0.25, -0.2) is 4.99 Å². The lowest BCUT2D eigenvalue weighted by atomic mass is 10.1. The summed E-state index contributed by atoms with van der Waals surface area (Å²) in [6.07, 6.45) is 2.17. The van der Waals surface area contributed by atoms with E-state index in [2.05, 4.69) is 42.6 Å². The van der Waals surface area contributed by atoms with Crippen LogP contribution in [0.1, 0.15) is 11.1 Å². The number of thioether (sulfide) groups is 1. The molecular weight excluding hydrogens is 300 g/mol. The number of anilines is 1. The van der Waals surface area contributed by atoms with Crippen molar-refractivity contribution in [3.63, 3.8) is 0 Å². The molecule has 2 nitrogen and oxygen atoms in total. The monoisotopic (exact) mass is 316 g/mol. The average Bonchev–Trinajstić information content (AvgIpc) is 2.49. The molecule has 0 spiro atoms. The van der Waals surface area contributed by atoms with E-state index < -0.39 is 0 Å². The zero-order valence-electron chi connectivity index (χ0n) is 11.7. The van der Waals surface area contributed by atoms with Gasteiger partial charge in [0.1, 0.15) is 0 Å². The molecule has 0 aliphatic carbocycles.